The van der Waals surface area contributed by atoms with Crippen molar-refractivity contribution in [3.05, 3.63) is 0 Å². The van der Waals surface area contributed by atoms with Crippen molar-refractivity contribution in [2.24, 2.45) is 0 Å². The molecule has 0 amide bonds. The standard InChI is InChI=1S/C44H87NO7/c1-5-7-9-11-15-23-31-41(32-24-16-12-10-8-6-2)52-44(49)35-26-18-14-20-29-37-45(38-39-46)36-28-19-13-17-25-34-43(48)51-40(3)30-22-21-27-33-42(47)50-4/h40-41,43,46,48H,5-39H2,1-4H3. The van der Waals surface area contributed by atoms with E-state index in [-0.39, 0.29) is 30.8 Å². The van der Waals surface area contributed by atoms with Gasteiger partial charge in [0.25, 0.3) is 0 Å². The van der Waals surface area contributed by atoms with Crippen molar-refractivity contribution in [2.45, 2.75) is 238 Å². The number of aliphatic hydroxyl groups is 2. The van der Waals surface area contributed by atoms with Crippen LogP contribution in [0.15, 0.2) is 0 Å². The van der Waals surface area contributed by atoms with Gasteiger partial charge in [0.15, 0.2) is 6.29 Å². The average molecular weight is 742 g/mol. The molecule has 0 aliphatic rings. The molecule has 0 spiro atoms. The van der Waals surface area contributed by atoms with E-state index in [0.29, 0.717) is 19.3 Å². The molecular weight excluding hydrogens is 654 g/mol. The third-order valence-corrected chi connectivity index (χ3v) is 10.4. The molecular formula is C44H87NO7. The first-order valence-electron chi connectivity index (χ1n) is 22.3. The molecule has 0 bridgehead atoms. The summed E-state index contributed by atoms with van der Waals surface area (Å²) in [6, 6.07) is 0. The Kier molecular flexibility index (Phi) is 38.5. The molecule has 0 aromatic rings. The van der Waals surface area contributed by atoms with E-state index in [9.17, 15) is 19.8 Å². The highest BCUT2D eigenvalue weighted by molar-refractivity contribution is 5.69. The van der Waals surface area contributed by atoms with Gasteiger partial charge in [-0.2, -0.15) is 0 Å². The molecule has 8 nitrogen and oxygen atoms in total. The van der Waals surface area contributed by atoms with Crippen molar-refractivity contribution in [1.29, 1.82) is 0 Å². The Balaban J connectivity index is 4.00. The Bertz CT molecular complexity index is 751. The summed E-state index contributed by atoms with van der Waals surface area (Å²) in [4.78, 5) is 26.3. The zero-order valence-corrected chi connectivity index (χ0v) is 34.9. The summed E-state index contributed by atoms with van der Waals surface area (Å²) in [7, 11) is 1.42. The summed E-state index contributed by atoms with van der Waals surface area (Å²) >= 11 is 0. The van der Waals surface area contributed by atoms with Crippen molar-refractivity contribution in [3.63, 3.8) is 0 Å². The van der Waals surface area contributed by atoms with Crippen molar-refractivity contribution in [2.75, 3.05) is 33.4 Å². The first kappa shape index (κ1) is 50.8. The smallest absolute Gasteiger partial charge is 0.306 e. The van der Waals surface area contributed by atoms with Crippen molar-refractivity contribution < 1.29 is 34.0 Å². The number of carbonyl (C=O) groups excluding carboxylic acids is 2. The molecule has 0 aromatic heterocycles. The maximum Gasteiger partial charge on any atom is 0.306 e. The van der Waals surface area contributed by atoms with Crippen LogP contribution in [-0.2, 0) is 23.8 Å². The van der Waals surface area contributed by atoms with Gasteiger partial charge in [-0.05, 0) is 90.6 Å². The van der Waals surface area contributed by atoms with Crippen LogP contribution in [-0.4, -0.2) is 78.9 Å². The van der Waals surface area contributed by atoms with Crippen LogP contribution in [0.2, 0.25) is 0 Å². The van der Waals surface area contributed by atoms with Gasteiger partial charge in [-0.1, -0.05) is 129 Å². The predicted octanol–water partition coefficient (Wildman–Crippen LogP) is 11.2. The molecule has 310 valence electrons. The number of aliphatic hydroxyl groups excluding tert-OH is 2. The van der Waals surface area contributed by atoms with Gasteiger partial charge in [-0.15, -0.1) is 0 Å². The fraction of sp³-hybridized carbons (Fsp3) is 0.955. The summed E-state index contributed by atoms with van der Waals surface area (Å²) in [5, 5.41) is 19.8. The normalized spacial score (nSPS) is 12.8. The second-order valence-corrected chi connectivity index (χ2v) is 15.4. The van der Waals surface area contributed by atoms with Crippen LogP contribution in [0.5, 0.6) is 0 Å². The van der Waals surface area contributed by atoms with Crippen molar-refractivity contribution >= 4 is 11.9 Å². The minimum absolute atomic E-state index is 0.00648. The minimum Gasteiger partial charge on any atom is -0.469 e. The summed E-state index contributed by atoms with van der Waals surface area (Å²) < 4.78 is 16.4. The maximum absolute atomic E-state index is 12.7. The van der Waals surface area contributed by atoms with Gasteiger partial charge in [0.2, 0.25) is 0 Å². The van der Waals surface area contributed by atoms with Crippen molar-refractivity contribution in [1.82, 2.24) is 4.90 Å². The summed E-state index contributed by atoms with van der Waals surface area (Å²) in [6.45, 7) is 9.50. The Morgan fingerprint density at radius 1 is 0.538 bits per heavy atom. The van der Waals surface area contributed by atoms with Gasteiger partial charge < -0.3 is 29.3 Å². The zero-order chi connectivity index (χ0) is 38.3. The van der Waals surface area contributed by atoms with E-state index in [1.54, 1.807) is 0 Å². The van der Waals surface area contributed by atoms with E-state index >= 15 is 0 Å². The van der Waals surface area contributed by atoms with E-state index in [2.05, 4.69) is 23.5 Å². The van der Waals surface area contributed by atoms with Crippen LogP contribution in [0.3, 0.4) is 0 Å². The van der Waals surface area contributed by atoms with Gasteiger partial charge in [0.05, 0.1) is 19.8 Å². The van der Waals surface area contributed by atoms with Gasteiger partial charge in [-0.25, -0.2) is 0 Å². The lowest BCUT2D eigenvalue weighted by Crippen LogP contribution is -2.29. The zero-order valence-electron chi connectivity index (χ0n) is 34.9. The number of carbonyl (C=O) groups is 2. The molecule has 2 atom stereocenters. The van der Waals surface area contributed by atoms with E-state index in [0.717, 1.165) is 122 Å². The fourth-order valence-electron chi connectivity index (χ4n) is 6.99. The maximum atomic E-state index is 12.7. The third-order valence-electron chi connectivity index (χ3n) is 10.4. The Labute approximate surface area is 321 Å². The highest BCUT2D eigenvalue weighted by Gasteiger charge is 2.15. The number of ether oxygens (including phenoxy) is 3. The van der Waals surface area contributed by atoms with Crippen molar-refractivity contribution in [3.8, 4) is 0 Å². The molecule has 2 unspecified atom stereocenters. The lowest BCUT2D eigenvalue weighted by molar-refractivity contribution is -0.150. The van der Waals surface area contributed by atoms with Crippen LogP contribution in [0, 0.1) is 0 Å². The van der Waals surface area contributed by atoms with Crippen LogP contribution >= 0.6 is 0 Å². The topological polar surface area (TPSA) is 106 Å². The quantitative estimate of drug-likeness (QED) is 0.0362. The van der Waals surface area contributed by atoms with E-state index < -0.39 is 6.29 Å². The summed E-state index contributed by atoms with van der Waals surface area (Å²) in [5.74, 6) is -0.149. The molecule has 0 aliphatic heterocycles. The Hall–Kier alpha value is -1.22. The molecule has 52 heavy (non-hydrogen) atoms. The molecule has 0 heterocycles. The van der Waals surface area contributed by atoms with Crippen LogP contribution in [0.1, 0.15) is 220 Å². The molecule has 0 saturated heterocycles. The largest absolute Gasteiger partial charge is 0.469 e. The number of hydrogen-bond acceptors (Lipinski definition) is 8. The lowest BCUT2D eigenvalue weighted by atomic mass is 10.0. The predicted molar refractivity (Wildman–Crippen MR) is 216 cm³/mol. The monoisotopic (exact) mass is 742 g/mol. The number of nitrogens with zero attached hydrogens (tertiary/aromatic N) is 1. The summed E-state index contributed by atoms with van der Waals surface area (Å²) in [6.07, 6.45) is 33.1. The van der Waals surface area contributed by atoms with Crippen LogP contribution in [0.4, 0.5) is 0 Å². The first-order valence-corrected chi connectivity index (χ1v) is 22.3. The van der Waals surface area contributed by atoms with Crippen LogP contribution < -0.4 is 0 Å². The molecule has 0 aliphatic carbocycles. The van der Waals surface area contributed by atoms with Gasteiger partial charge in [0.1, 0.15) is 6.10 Å². The van der Waals surface area contributed by atoms with E-state index in [4.69, 9.17) is 9.47 Å². The first-order chi connectivity index (χ1) is 25.4. The van der Waals surface area contributed by atoms with Gasteiger partial charge in [0, 0.05) is 19.4 Å². The Morgan fingerprint density at radius 2 is 0.962 bits per heavy atom. The average Bonchev–Trinajstić information content (AvgIpc) is 3.12. The van der Waals surface area contributed by atoms with Crippen LogP contribution in [0.25, 0.3) is 0 Å². The molecule has 0 aromatic carbocycles. The molecule has 0 rings (SSSR count). The molecule has 8 heteroatoms. The second-order valence-electron chi connectivity index (χ2n) is 15.4. The summed E-state index contributed by atoms with van der Waals surface area (Å²) in [5.41, 5.74) is 0. The number of esters is 2. The SMILES string of the molecule is CCCCCCCCC(CCCCCCCC)OC(=O)CCCCCCCN(CCO)CCCCCCCC(O)OC(C)CCCCCC(=O)OC. The molecule has 2 N–H and O–H groups in total. The number of hydrogen-bond donors (Lipinski definition) is 2. The van der Waals surface area contributed by atoms with E-state index in [1.165, 1.54) is 84.2 Å². The highest BCUT2D eigenvalue weighted by atomic mass is 16.6. The number of unbranched alkanes of at least 4 members (excludes halogenated alkanes) is 20. The highest BCUT2D eigenvalue weighted by Crippen LogP contribution is 2.19. The molecule has 0 fully saturated rings. The van der Waals surface area contributed by atoms with E-state index in [1.807, 2.05) is 6.92 Å². The number of rotatable bonds is 41. The number of methoxy groups -OCH3 is 1. The Morgan fingerprint density at radius 3 is 1.48 bits per heavy atom. The third kappa shape index (κ3) is 35.8. The minimum atomic E-state index is -0.703. The lowest BCUT2D eigenvalue weighted by Gasteiger charge is -2.21. The molecule has 0 radical (unpaired) electrons. The molecule has 0 saturated carbocycles. The van der Waals surface area contributed by atoms with Gasteiger partial charge in [-0.3, -0.25) is 9.59 Å². The fourth-order valence-corrected chi connectivity index (χ4v) is 6.99. The second kappa shape index (κ2) is 39.5. The van der Waals surface area contributed by atoms with Gasteiger partial charge >= 0.3 is 11.9 Å².